The molecule has 0 aliphatic rings. The molecule has 1 amide bonds. The summed E-state index contributed by atoms with van der Waals surface area (Å²) in [5.74, 6) is 0.639. The molecule has 0 saturated carbocycles. The average Bonchev–Trinajstić information content (AvgIpc) is 2.91. The molecule has 0 bridgehead atoms. The van der Waals surface area contributed by atoms with Crippen LogP contribution >= 0.6 is 0 Å². The summed E-state index contributed by atoms with van der Waals surface area (Å²) in [4.78, 5) is 15.6. The van der Waals surface area contributed by atoms with Crippen LogP contribution in [-0.4, -0.2) is 27.8 Å². The van der Waals surface area contributed by atoms with Crippen LogP contribution in [-0.2, 0) is 11.3 Å². The number of hydrogen-bond donors (Lipinski definition) is 1. The van der Waals surface area contributed by atoms with Gasteiger partial charge in [0.05, 0.1) is 13.2 Å². The van der Waals surface area contributed by atoms with Crippen LogP contribution in [0.3, 0.4) is 0 Å². The van der Waals surface area contributed by atoms with Gasteiger partial charge in [0.2, 0.25) is 5.91 Å². The fourth-order valence-corrected chi connectivity index (χ4v) is 1.85. The number of benzene rings is 1. The summed E-state index contributed by atoms with van der Waals surface area (Å²) in [6, 6.07) is 7.48. The van der Waals surface area contributed by atoms with Crippen LogP contribution in [0.15, 0.2) is 36.9 Å². The molecule has 1 aromatic carbocycles. The number of amides is 1. The minimum atomic E-state index is -0.132. The van der Waals surface area contributed by atoms with Crippen LogP contribution in [0.25, 0.3) is 0 Å². The van der Waals surface area contributed by atoms with Crippen molar-refractivity contribution in [3.63, 3.8) is 0 Å². The Hall–Kier alpha value is -2.37. The van der Waals surface area contributed by atoms with E-state index in [1.165, 1.54) is 17.3 Å². The van der Waals surface area contributed by atoms with Crippen molar-refractivity contribution < 1.29 is 9.53 Å². The number of rotatable bonds is 5. The Balaban J connectivity index is 2.00. The normalized spacial score (nSPS) is 11.9. The first-order valence-corrected chi connectivity index (χ1v) is 5.95. The van der Waals surface area contributed by atoms with Crippen LogP contribution in [0.2, 0.25) is 0 Å². The maximum Gasteiger partial charge on any atom is 0.242 e. The molecule has 1 unspecified atom stereocenters. The van der Waals surface area contributed by atoms with Gasteiger partial charge in [-0.2, -0.15) is 5.10 Å². The molecule has 0 aliphatic heterocycles. The molecule has 19 heavy (non-hydrogen) atoms. The van der Waals surface area contributed by atoms with Crippen LogP contribution in [0, 0.1) is 0 Å². The molecular weight excluding hydrogens is 244 g/mol. The second-order valence-electron chi connectivity index (χ2n) is 4.12. The zero-order chi connectivity index (χ0) is 13.7. The van der Waals surface area contributed by atoms with Gasteiger partial charge in [0.15, 0.2) is 0 Å². The van der Waals surface area contributed by atoms with Gasteiger partial charge in [-0.1, -0.05) is 18.2 Å². The van der Waals surface area contributed by atoms with Crippen LogP contribution in [0.1, 0.15) is 18.5 Å². The maximum atomic E-state index is 11.9. The summed E-state index contributed by atoms with van der Waals surface area (Å²) in [5, 5.41) is 6.79. The molecule has 0 saturated heterocycles. The number of carbonyl (C=O) groups excluding carboxylic acids is 1. The highest BCUT2D eigenvalue weighted by Crippen LogP contribution is 2.24. The van der Waals surface area contributed by atoms with Crippen molar-refractivity contribution in [1.29, 1.82) is 0 Å². The molecule has 1 aromatic heterocycles. The summed E-state index contributed by atoms with van der Waals surface area (Å²) in [5.41, 5.74) is 0.942. The Morgan fingerprint density at radius 2 is 2.26 bits per heavy atom. The Labute approximate surface area is 111 Å². The number of methoxy groups -OCH3 is 1. The van der Waals surface area contributed by atoms with E-state index in [4.69, 9.17) is 4.74 Å². The van der Waals surface area contributed by atoms with Crippen molar-refractivity contribution in [1.82, 2.24) is 20.1 Å². The molecule has 2 aromatic rings. The summed E-state index contributed by atoms with van der Waals surface area (Å²) in [6.07, 6.45) is 2.91. The first-order valence-electron chi connectivity index (χ1n) is 5.95. The predicted octanol–water partition coefficient (Wildman–Crippen LogP) is 1.16. The Morgan fingerprint density at radius 3 is 2.95 bits per heavy atom. The number of carbonyl (C=O) groups is 1. The minimum Gasteiger partial charge on any atom is -0.496 e. The van der Waals surface area contributed by atoms with Gasteiger partial charge < -0.3 is 10.1 Å². The maximum absolute atomic E-state index is 11.9. The summed E-state index contributed by atoms with van der Waals surface area (Å²) in [6.45, 7) is 2.07. The predicted molar refractivity (Wildman–Crippen MR) is 69.6 cm³/mol. The van der Waals surface area contributed by atoms with Gasteiger partial charge in [0.1, 0.15) is 24.9 Å². The van der Waals surface area contributed by atoms with E-state index >= 15 is 0 Å². The van der Waals surface area contributed by atoms with Crippen molar-refractivity contribution in [3.05, 3.63) is 42.5 Å². The van der Waals surface area contributed by atoms with E-state index in [0.29, 0.717) is 0 Å². The fraction of sp³-hybridized carbons (Fsp3) is 0.308. The lowest BCUT2D eigenvalue weighted by atomic mass is 10.1. The lowest BCUT2D eigenvalue weighted by Gasteiger charge is -2.17. The van der Waals surface area contributed by atoms with E-state index in [1.54, 1.807) is 7.11 Å². The molecule has 0 radical (unpaired) electrons. The van der Waals surface area contributed by atoms with Gasteiger partial charge in [0, 0.05) is 5.56 Å². The molecule has 1 atom stereocenters. The summed E-state index contributed by atoms with van der Waals surface area (Å²) < 4.78 is 6.75. The first-order chi connectivity index (χ1) is 9.20. The van der Waals surface area contributed by atoms with Gasteiger partial charge in [-0.3, -0.25) is 4.79 Å². The van der Waals surface area contributed by atoms with E-state index in [9.17, 15) is 4.79 Å². The molecule has 0 spiro atoms. The summed E-state index contributed by atoms with van der Waals surface area (Å²) >= 11 is 0. The molecule has 6 heteroatoms. The zero-order valence-electron chi connectivity index (χ0n) is 10.9. The number of nitrogens with zero attached hydrogens (tertiary/aromatic N) is 3. The number of para-hydroxylation sites is 1. The second-order valence-corrected chi connectivity index (χ2v) is 4.12. The lowest BCUT2D eigenvalue weighted by molar-refractivity contribution is -0.122. The third-order valence-electron chi connectivity index (χ3n) is 2.76. The van der Waals surface area contributed by atoms with E-state index in [1.807, 2.05) is 31.2 Å². The van der Waals surface area contributed by atoms with E-state index in [2.05, 4.69) is 15.4 Å². The molecule has 1 heterocycles. The van der Waals surface area contributed by atoms with Crippen molar-refractivity contribution in [3.8, 4) is 5.75 Å². The van der Waals surface area contributed by atoms with Crippen molar-refractivity contribution in [2.45, 2.75) is 19.5 Å². The van der Waals surface area contributed by atoms with Crippen LogP contribution in [0.5, 0.6) is 5.75 Å². The molecule has 0 aliphatic carbocycles. The molecule has 6 nitrogen and oxygen atoms in total. The molecular formula is C13H16N4O2. The average molecular weight is 260 g/mol. The molecule has 100 valence electrons. The Bertz CT molecular complexity index is 539. The third-order valence-corrected chi connectivity index (χ3v) is 2.76. The quantitative estimate of drug-likeness (QED) is 0.876. The topological polar surface area (TPSA) is 69.0 Å². The SMILES string of the molecule is COc1ccccc1C(C)NC(=O)Cn1cncn1. The second kappa shape index (κ2) is 5.99. The summed E-state index contributed by atoms with van der Waals surface area (Å²) in [7, 11) is 1.61. The van der Waals surface area contributed by atoms with E-state index in [-0.39, 0.29) is 18.5 Å². The number of ether oxygens (including phenoxy) is 1. The van der Waals surface area contributed by atoms with Crippen molar-refractivity contribution in [2.75, 3.05) is 7.11 Å². The van der Waals surface area contributed by atoms with Crippen LogP contribution < -0.4 is 10.1 Å². The lowest BCUT2D eigenvalue weighted by Crippen LogP contribution is -2.30. The highest BCUT2D eigenvalue weighted by Gasteiger charge is 2.13. The highest BCUT2D eigenvalue weighted by molar-refractivity contribution is 5.76. The van der Waals surface area contributed by atoms with E-state index < -0.39 is 0 Å². The Morgan fingerprint density at radius 1 is 1.47 bits per heavy atom. The van der Waals surface area contributed by atoms with Gasteiger partial charge in [0.25, 0.3) is 0 Å². The molecule has 1 N–H and O–H groups in total. The third kappa shape index (κ3) is 3.31. The number of hydrogen-bond acceptors (Lipinski definition) is 4. The standard InChI is InChI=1S/C13H16N4O2/c1-10(11-5-3-4-6-12(11)19-2)16-13(18)7-17-9-14-8-15-17/h3-6,8-10H,7H2,1-2H3,(H,16,18). The van der Waals surface area contributed by atoms with Gasteiger partial charge in [-0.15, -0.1) is 0 Å². The van der Waals surface area contributed by atoms with Gasteiger partial charge in [-0.05, 0) is 13.0 Å². The first kappa shape index (κ1) is 13.1. The van der Waals surface area contributed by atoms with E-state index in [0.717, 1.165) is 11.3 Å². The number of aromatic nitrogens is 3. The minimum absolute atomic E-state index is 0.121. The van der Waals surface area contributed by atoms with Gasteiger partial charge in [-0.25, -0.2) is 9.67 Å². The van der Waals surface area contributed by atoms with Crippen LogP contribution in [0.4, 0.5) is 0 Å². The molecule has 0 fully saturated rings. The fourth-order valence-electron chi connectivity index (χ4n) is 1.85. The highest BCUT2D eigenvalue weighted by atomic mass is 16.5. The Kier molecular flexibility index (Phi) is 4.12. The monoisotopic (exact) mass is 260 g/mol. The van der Waals surface area contributed by atoms with Crippen molar-refractivity contribution >= 4 is 5.91 Å². The van der Waals surface area contributed by atoms with Crippen molar-refractivity contribution in [2.24, 2.45) is 0 Å². The number of nitrogens with one attached hydrogen (secondary N) is 1. The largest absolute Gasteiger partial charge is 0.496 e. The zero-order valence-corrected chi connectivity index (χ0v) is 10.9. The smallest absolute Gasteiger partial charge is 0.242 e. The molecule has 2 rings (SSSR count). The van der Waals surface area contributed by atoms with Gasteiger partial charge >= 0.3 is 0 Å².